The molecule has 206 valence electrons. The van der Waals surface area contributed by atoms with Crippen LogP contribution in [0.25, 0.3) is 0 Å². The molecule has 9 heteroatoms. The van der Waals surface area contributed by atoms with Crippen LogP contribution < -0.4 is 0 Å². The van der Waals surface area contributed by atoms with E-state index in [1.165, 1.54) is 5.57 Å². The fraction of sp³-hybridized carbons (Fsp3) is 0.778. The summed E-state index contributed by atoms with van der Waals surface area (Å²) in [5, 5.41) is 29.5. The van der Waals surface area contributed by atoms with Crippen molar-refractivity contribution in [1.29, 1.82) is 0 Å². The standard InChI is InChI=1S/C27H38F6O3/c1-16(6-4-13-25(36,26(28,29)30)27(31,32)33)21-10-11-22-18(7-5-12-24(21,22)3)8-9-19-14-20(34)15-23(35)17(19)2/h8-9,16,20-23,34-36H,2,4-7,10-15H2,1,3H3/b18-8+,19-9-/t16?,20-,21?,22?,23?,24?/m1/s1. The molecule has 3 aliphatic rings. The molecule has 0 bridgehead atoms. The van der Waals surface area contributed by atoms with Gasteiger partial charge in [-0.3, -0.25) is 0 Å². The maximum atomic E-state index is 13.0. The third-order valence-electron chi connectivity index (χ3n) is 9.12. The van der Waals surface area contributed by atoms with E-state index in [2.05, 4.69) is 19.6 Å². The van der Waals surface area contributed by atoms with Crippen LogP contribution in [0.5, 0.6) is 0 Å². The van der Waals surface area contributed by atoms with Gasteiger partial charge < -0.3 is 15.3 Å². The molecule has 0 spiro atoms. The monoisotopic (exact) mass is 524 g/mol. The number of aliphatic hydroxyl groups is 3. The highest BCUT2D eigenvalue weighted by atomic mass is 19.4. The van der Waals surface area contributed by atoms with Crippen molar-refractivity contribution in [2.24, 2.45) is 23.2 Å². The molecule has 3 aliphatic carbocycles. The van der Waals surface area contributed by atoms with Gasteiger partial charge in [-0.1, -0.05) is 44.6 Å². The van der Waals surface area contributed by atoms with Gasteiger partial charge in [0, 0.05) is 6.42 Å². The number of fused-ring (bicyclic) bond motifs is 1. The molecule has 6 atom stereocenters. The summed E-state index contributed by atoms with van der Waals surface area (Å²) < 4.78 is 78.1. The molecule has 0 saturated heterocycles. The van der Waals surface area contributed by atoms with Gasteiger partial charge in [-0.2, -0.15) is 26.3 Å². The molecule has 0 radical (unpaired) electrons. The van der Waals surface area contributed by atoms with Crippen LogP contribution in [0.1, 0.15) is 78.1 Å². The Morgan fingerprint density at radius 1 is 1.08 bits per heavy atom. The number of halogens is 6. The Bertz CT molecular complexity index is 860. The van der Waals surface area contributed by atoms with Gasteiger partial charge in [-0.25, -0.2) is 0 Å². The average Bonchev–Trinajstić information content (AvgIpc) is 3.11. The largest absolute Gasteiger partial charge is 0.426 e. The van der Waals surface area contributed by atoms with E-state index in [-0.39, 0.29) is 42.4 Å². The van der Waals surface area contributed by atoms with Gasteiger partial charge in [0.15, 0.2) is 0 Å². The van der Waals surface area contributed by atoms with Gasteiger partial charge in [-0.15, -0.1) is 0 Å². The summed E-state index contributed by atoms with van der Waals surface area (Å²) in [5.41, 5.74) is -2.08. The van der Waals surface area contributed by atoms with Gasteiger partial charge in [-0.05, 0) is 85.7 Å². The molecule has 3 saturated carbocycles. The maximum absolute atomic E-state index is 13.0. The molecule has 3 fully saturated rings. The number of hydrogen-bond acceptors (Lipinski definition) is 3. The molecule has 3 nitrogen and oxygen atoms in total. The van der Waals surface area contributed by atoms with Crippen molar-refractivity contribution in [2.75, 3.05) is 0 Å². The third kappa shape index (κ3) is 5.58. The van der Waals surface area contributed by atoms with Gasteiger partial charge in [0.25, 0.3) is 5.60 Å². The van der Waals surface area contributed by atoms with Gasteiger partial charge >= 0.3 is 12.4 Å². The van der Waals surface area contributed by atoms with E-state index in [1.54, 1.807) is 0 Å². The molecule has 5 unspecified atom stereocenters. The highest BCUT2D eigenvalue weighted by Crippen LogP contribution is 2.60. The van der Waals surface area contributed by atoms with Crippen LogP contribution in [0.3, 0.4) is 0 Å². The molecule has 3 N–H and O–H groups in total. The van der Waals surface area contributed by atoms with Crippen LogP contribution in [-0.2, 0) is 0 Å². The van der Waals surface area contributed by atoms with Crippen molar-refractivity contribution in [3.05, 3.63) is 35.5 Å². The second kappa shape index (κ2) is 10.4. The Morgan fingerprint density at radius 3 is 2.33 bits per heavy atom. The summed E-state index contributed by atoms with van der Waals surface area (Å²) in [6, 6.07) is 0. The van der Waals surface area contributed by atoms with Crippen LogP contribution in [-0.4, -0.2) is 45.5 Å². The Hall–Kier alpha value is -1.32. The number of aliphatic hydroxyl groups excluding tert-OH is 2. The van der Waals surface area contributed by atoms with E-state index < -0.39 is 36.6 Å². The lowest BCUT2D eigenvalue weighted by Gasteiger charge is -2.44. The van der Waals surface area contributed by atoms with Crippen molar-refractivity contribution in [3.8, 4) is 0 Å². The first kappa shape index (κ1) is 29.2. The van der Waals surface area contributed by atoms with Crippen LogP contribution in [0.2, 0.25) is 0 Å². The van der Waals surface area contributed by atoms with E-state index in [0.717, 1.165) is 37.7 Å². The minimum atomic E-state index is -5.77. The molecule has 0 heterocycles. The van der Waals surface area contributed by atoms with Crippen molar-refractivity contribution < 1.29 is 41.7 Å². The second-order valence-electron chi connectivity index (χ2n) is 11.4. The molecule has 0 aliphatic heterocycles. The second-order valence-corrected chi connectivity index (χ2v) is 11.4. The maximum Gasteiger partial charge on any atom is 0.426 e. The van der Waals surface area contributed by atoms with E-state index in [1.807, 2.05) is 13.0 Å². The lowest BCUT2D eigenvalue weighted by Crippen LogP contribution is -2.56. The summed E-state index contributed by atoms with van der Waals surface area (Å²) in [4.78, 5) is 0. The summed E-state index contributed by atoms with van der Waals surface area (Å²) >= 11 is 0. The third-order valence-corrected chi connectivity index (χ3v) is 9.12. The lowest BCUT2D eigenvalue weighted by molar-refractivity contribution is -0.370. The van der Waals surface area contributed by atoms with Crippen molar-refractivity contribution in [1.82, 2.24) is 0 Å². The van der Waals surface area contributed by atoms with E-state index in [9.17, 15) is 41.7 Å². The fourth-order valence-electron chi connectivity index (χ4n) is 7.00. The Labute approximate surface area is 209 Å². The van der Waals surface area contributed by atoms with Crippen molar-refractivity contribution in [2.45, 2.75) is 108 Å². The predicted octanol–water partition coefficient (Wildman–Crippen LogP) is 6.79. The number of hydrogen-bond donors (Lipinski definition) is 3. The van der Waals surface area contributed by atoms with Gasteiger partial charge in [0.1, 0.15) is 0 Å². The van der Waals surface area contributed by atoms with Crippen LogP contribution >= 0.6 is 0 Å². The van der Waals surface area contributed by atoms with Crippen molar-refractivity contribution >= 4 is 0 Å². The minimum absolute atomic E-state index is 0.0770. The highest BCUT2D eigenvalue weighted by molar-refractivity contribution is 5.38. The summed E-state index contributed by atoms with van der Waals surface area (Å²) in [5.74, 6) is 0.355. The summed E-state index contributed by atoms with van der Waals surface area (Å²) in [6.07, 6.45) is -5.24. The summed E-state index contributed by atoms with van der Waals surface area (Å²) in [6.45, 7) is 8.03. The Balaban J connectivity index is 1.69. The number of allylic oxidation sites excluding steroid dienone is 3. The Morgan fingerprint density at radius 2 is 1.72 bits per heavy atom. The molecule has 3 rings (SSSR count). The summed E-state index contributed by atoms with van der Waals surface area (Å²) in [7, 11) is 0. The normalized spacial score (nSPS) is 35.4. The van der Waals surface area contributed by atoms with E-state index in [0.29, 0.717) is 12.0 Å². The molecular weight excluding hydrogens is 486 g/mol. The minimum Gasteiger partial charge on any atom is -0.393 e. The SMILES string of the molecule is C=C1/C(=C\C=C2/CCCC3(C)C2CCC3C(C)CCCC(O)(C(F)(F)F)C(F)(F)F)C[C@@H](O)CC1O. The first-order valence-electron chi connectivity index (χ1n) is 12.8. The van der Waals surface area contributed by atoms with Crippen LogP contribution in [0.15, 0.2) is 35.5 Å². The highest BCUT2D eigenvalue weighted by Gasteiger charge is 2.69. The van der Waals surface area contributed by atoms with E-state index >= 15 is 0 Å². The first-order valence-corrected chi connectivity index (χ1v) is 12.8. The fourth-order valence-corrected chi connectivity index (χ4v) is 7.00. The van der Waals surface area contributed by atoms with E-state index in [4.69, 9.17) is 0 Å². The number of rotatable bonds is 6. The smallest absolute Gasteiger partial charge is 0.393 e. The molecule has 0 aromatic heterocycles. The zero-order valence-corrected chi connectivity index (χ0v) is 20.9. The molecule has 36 heavy (non-hydrogen) atoms. The zero-order valence-electron chi connectivity index (χ0n) is 20.9. The zero-order chi connectivity index (χ0) is 27.1. The average molecular weight is 525 g/mol. The topological polar surface area (TPSA) is 60.7 Å². The van der Waals surface area contributed by atoms with Crippen molar-refractivity contribution in [3.63, 3.8) is 0 Å². The Kier molecular flexibility index (Phi) is 8.48. The molecule has 0 amide bonds. The first-order chi connectivity index (χ1) is 16.5. The molecule has 0 aromatic rings. The lowest BCUT2D eigenvalue weighted by atomic mass is 9.60. The van der Waals surface area contributed by atoms with Crippen LogP contribution in [0.4, 0.5) is 26.3 Å². The molecular formula is C27H38F6O3. The van der Waals surface area contributed by atoms with Gasteiger partial charge in [0.05, 0.1) is 12.2 Å². The number of alkyl halides is 6. The predicted molar refractivity (Wildman–Crippen MR) is 125 cm³/mol. The molecule has 0 aromatic carbocycles. The quantitative estimate of drug-likeness (QED) is 0.336. The van der Waals surface area contributed by atoms with Crippen LogP contribution in [0, 0.1) is 23.2 Å². The van der Waals surface area contributed by atoms with Gasteiger partial charge in [0.2, 0.25) is 0 Å².